The van der Waals surface area contributed by atoms with Crippen LogP contribution < -0.4 is 10.6 Å². The van der Waals surface area contributed by atoms with Gasteiger partial charge in [0.1, 0.15) is 12.2 Å². The number of carbonyl (C=O) groups excluding carboxylic acids is 2. The van der Waals surface area contributed by atoms with Crippen molar-refractivity contribution in [2.75, 3.05) is 6.54 Å². The van der Waals surface area contributed by atoms with Crippen LogP contribution >= 0.6 is 0 Å². The fraction of sp³-hybridized carbons (Fsp3) is 0.600. The Hall–Kier alpha value is -1.92. The van der Waals surface area contributed by atoms with Crippen molar-refractivity contribution in [2.45, 2.75) is 27.3 Å². The van der Waals surface area contributed by atoms with E-state index in [1.165, 1.54) is 6.33 Å². The maximum atomic E-state index is 11.5. The van der Waals surface area contributed by atoms with Crippen LogP contribution in [0.4, 0.5) is 0 Å². The molecule has 1 aromatic rings. The summed E-state index contributed by atoms with van der Waals surface area (Å²) in [6.07, 6.45) is 1.36. The smallest absolute Gasteiger partial charge is 0.239 e. The van der Waals surface area contributed by atoms with Crippen molar-refractivity contribution in [3.05, 3.63) is 12.2 Å². The number of aromatic amines is 1. The minimum atomic E-state index is -0.495. The van der Waals surface area contributed by atoms with E-state index >= 15 is 0 Å². The van der Waals surface area contributed by atoms with Crippen LogP contribution in [0.1, 0.15) is 26.6 Å². The monoisotopic (exact) mass is 239 g/mol. The molecule has 2 amide bonds. The van der Waals surface area contributed by atoms with E-state index in [0.717, 1.165) is 0 Å². The van der Waals surface area contributed by atoms with Crippen LogP contribution in [0.2, 0.25) is 0 Å². The van der Waals surface area contributed by atoms with E-state index in [2.05, 4.69) is 25.8 Å². The largest absolute Gasteiger partial charge is 0.347 e. The number of H-pyrrole nitrogens is 1. The summed E-state index contributed by atoms with van der Waals surface area (Å²) in [5.74, 6) is 0.145. The normalized spacial score (nSPS) is 11.0. The first kappa shape index (κ1) is 13.1. The van der Waals surface area contributed by atoms with Crippen molar-refractivity contribution in [2.24, 2.45) is 5.41 Å². The van der Waals surface area contributed by atoms with E-state index in [1.54, 1.807) is 20.8 Å². The first-order valence-electron chi connectivity index (χ1n) is 5.29. The molecule has 0 atom stereocenters. The molecule has 94 valence electrons. The summed E-state index contributed by atoms with van der Waals surface area (Å²) in [4.78, 5) is 26.7. The van der Waals surface area contributed by atoms with E-state index in [0.29, 0.717) is 5.82 Å². The third kappa shape index (κ3) is 4.62. The summed E-state index contributed by atoms with van der Waals surface area (Å²) >= 11 is 0. The third-order valence-corrected chi connectivity index (χ3v) is 2.01. The maximum Gasteiger partial charge on any atom is 0.239 e. The van der Waals surface area contributed by atoms with Crippen molar-refractivity contribution < 1.29 is 9.59 Å². The average Bonchev–Trinajstić information content (AvgIpc) is 2.74. The molecule has 0 unspecified atom stereocenters. The quantitative estimate of drug-likeness (QED) is 0.664. The summed E-state index contributed by atoms with van der Waals surface area (Å²) in [5.41, 5.74) is -0.495. The molecule has 0 fully saturated rings. The van der Waals surface area contributed by atoms with E-state index in [-0.39, 0.29) is 24.9 Å². The van der Waals surface area contributed by atoms with Gasteiger partial charge in [-0.15, -0.1) is 0 Å². The number of nitrogens with zero attached hydrogens (tertiary/aromatic N) is 2. The summed E-state index contributed by atoms with van der Waals surface area (Å²) in [6.45, 7) is 5.59. The van der Waals surface area contributed by atoms with Gasteiger partial charge < -0.3 is 10.6 Å². The number of hydrogen-bond acceptors (Lipinski definition) is 4. The molecular weight excluding hydrogens is 222 g/mol. The van der Waals surface area contributed by atoms with Gasteiger partial charge in [0.05, 0.1) is 13.1 Å². The Morgan fingerprint density at radius 1 is 1.35 bits per heavy atom. The second kappa shape index (κ2) is 5.42. The second-order valence-electron chi connectivity index (χ2n) is 4.64. The number of amides is 2. The molecule has 1 heterocycles. The molecule has 0 bridgehead atoms. The molecule has 17 heavy (non-hydrogen) atoms. The van der Waals surface area contributed by atoms with Crippen molar-refractivity contribution >= 4 is 11.8 Å². The van der Waals surface area contributed by atoms with Gasteiger partial charge in [-0.1, -0.05) is 20.8 Å². The molecule has 0 saturated carbocycles. The number of rotatable bonds is 4. The highest BCUT2D eigenvalue weighted by molar-refractivity contribution is 5.87. The summed E-state index contributed by atoms with van der Waals surface area (Å²) in [5, 5.41) is 11.4. The summed E-state index contributed by atoms with van der Waals surface area (Å²) in [7, 11) is 0. The Balaban J connectivity index is 2.24. The van der Waals surface area contributed by atoms with Gasteiger partial charge in [0, 0.05) is 5.41 Å². The van der Waals surface area contributed by atoms with Gasteiger partial charge in [-0.2, -0.15) is 5.10 Å². The Kier molecular flexibility index (Phi) is 4.19. The van der Waals surface area contributed by atoms with Crippen LogP contribution in [-0.4, -0.2) is 33.5 Å². The van der Waals surface area contributed by atoms with Crippen LogP contribution in [0.5, 0.6) is 0 Å². The number of aromatic nitrogens is 3. The fourth-order valence-corrected chi connectivity index (χ4v) is 0.987. The highest BCUT2D eigenvalue weighted by Crippen LogP contribution is 2.11. The first-order chi connectivity index (χ1) is 7.89. The van der Waals surface area contributed by atoms with E-state index in [9.17, 15) is 9.59 Å². The minimum Gasteiger partial charge on any atom is -0.347 e. The van der Waals surface area contributed by atoms with Crippen molar-refractivity contribution in [3.8, 4) is 0 Å². The van der Waals surface area contributed by atoms with Gasteiger partial charge >= 0.3 is 0 Å². The van der Waals surface area contributed by atoms with Crippen molar-refractivity contribution in [1.82, 2.24) is 25.8 Å². The van der Waals surface area contributed by atoms with Crippen LogP contribution in [0.15, 0.2) is 6.33 Å². The molecule has 1 aromatic heterocycles. The van der Waals surface area contributed by atoms with Crippen LogP contribution in [0, 0.1) is 5.41 Å². The molecule has 0 aliphatic rings. The minimum absolute atomic E-state index is 0.0375. The van der Waals surface area contributed by atoms with Crippen molar-refractivity contribution in [1.29, 1.82) is 0 Å². The molecule has 0 aliphatic carbocycles. The standard InChI is InChI=1S/C10H17N5O2/c1-10(2,3)9(17)12-5-8(16)11-4-7-13-6-14-15-7/h6H,4-5H2,1-3H3,(H,11,16)(H,12,17)(H,13,14,15). The summed E-state index contributed by atoms with van der Waals surface area (Å²) < 4.78 is 0. The molecule has 0 spiro atoms. The molecule has 0 aliphatic heterocycles. The lowest BCUT2D eigenvalue weighted by atomic mass is 9.96. The van der Waals surface area contributed by atoms with Crippen LogP contribution in [0.3, 0.4) is 0 Å². The molecule has 7 nitrogen and oxygen atoms in total. The lowest BCUT2D eigenvalue weighted by Crippen LogP contribution is -2.41. The lowest BCUT2D eigenvalue weighted by Gasteiger charge is -2.17. The zero-order valence-corrected chi connectivity index (χ0v) is 10.2. The fourth-order valence-electron chi connectivity index (χ4n) is 0.987. The van der Waals surface area contributed by atoms with Gasteiger partial charge in [-0.25, -0.2) is 4.98 Å². The molecule has 0 aromatic carbocycles. The summed E-state index contributed by atoms with van der Waals surface area (Å²) in [6, 6.07) is 0. The topological polar surface area (TPSA) is 99.8 Å². The molecule has 1 rings (SSSR count). The second-order valence-corrected chi connectivity index (χ2v) is 4.64. The Morgan fingerprint density at radius 3 is 2.59 bits per heavy atom. The zero-order valence-electron chi connectivity index (χ0n) is 10.2. The van der Waals surface area contributed by atoms with E-state index in [4.69, 9.17) is 0 Å². The van der Waals surface area contributed by atoms with E-state index in [1.807, 2.05) is 0 Å². The van der Waals surface area contributed by atoms with Gasteiger partial charge in [0.15, 0.2) is 0 Å². The van der Waals surface area contributed by atoms with E-state index < -0.39 is 5.41 Å². The highest BCUT2D eigenvalue weighted by atomic mass is 16.2. The lowest BCUT2D eigenvalue weighted by molar-refractivity contribution is -0.131. The molecule has 7 heteroatoms. The number of carbonyl (C=O) groups is 2. The van der Waals surface area contributed by atoms with Gasteiger partial charge in [0.25, 0.3) is 0 Å². The Morgan fingerprint density at radius 2 is 2.06 bits per heavy atom. The molecule has 3 N–H and O–H groups in total. The third-order valence-electron chi connectivity index (χ3n) is 2.01. The molecule has 0 saturated heterocycles. The Labute approximate surface area is 99.4 Å². The van der Waals surface area contributed by atoms with Gasteiger partial charge in [-0.3, -0.25) is 14.7 Å². The first-order valence-corrected chi connectivity index (χ1v) is 5.29. The average molecular weight is 239 g/mol. The van der Waals surface area contributed by atoms with Crippen LogP contribution in [0.25, 0.3) is 0 Å². The van der Waals surface area contributed by atoms with Gasteiger partial charge in [0.2, 0.25) is 11.8 Å². The predicted molar refractivity (Wildman–Crippen MR) is 60.7 cm³/mol. The van der Waals surface area contributed by atoms with Gasteiger partial charge in [-0.05, 0) is 0 Å². The predicted octanol–water partition coefficient (Wildman–Crippen LogP) is -0.417. The van der Waals surface area contributed by atoms with Crippen LogP contribution in [-0.2, 0) is 16.1 Å². The van der Waals surface area contributed by atoms with Crippen molar-refractivity contribution in [3.63, 3.8) is 0 Å². The molecular formula is C10H17N5O2. The maximum absolute atomic E-state index is 11.5. The number of nitrogens with one attached hydrogen (secondary N) is 3. The Bertz CT molecular complexity index is 380. The highest BCUT2D eigenvalue weighted by Gasteiger charge is 2.21. The number of hydrogen-bond donors (Lipinski definition) is 3. The zero-order chi connectivity index (χ0) is 12.9. The SMILES string of the molecule is CC(C)(C)C(=O)NCC(=O)NCc1ncn[nH]1. The molecule has 0 radical (unpaired) electrons.